The van der Waals surface area contributed by atoms with Crippen molar-refractivity contribution in [1.29, 1.82) is 0 Å². The Morgan fingerprint density at radius 1 is 1.73 bits per heavy atom. The average Bonchev–Trinajstić information content (AvgIpc) is 2.47. The second-order valence-corrected chi connectivity index (χ2v) is 2.94. The predicted octanol–water partition coefficient (Wildman–Crippen LogP) is 0.934. The molecule has 1 heterocycles. The Balaban J connectivity index is 2.54. The summed E-state index contributed by atoms with van der Waals surface area (Å²) in [5, 5.41) is 8.58. The van der Waals surface area contributed by atoms with Crippen LogP contribution in [0.25, 0.3) is 0 Å². The Morgan fingerprint density at radius 3 is 3.18 bits per heavy atom. The monoisotopic (exact) mass is 172 g/mol. The number of aromatic nitrogens is 2. The van der Waals surface area contributed by atoms with Crippen LogP contribution in [0.15, 0.2) is 12.4 Å². The average molecular weight is 172 g/mol. The normalized spacial score (nSPS) is 10.4. The number of aliphatic hydroxyl groups is 1. The molecular formula is C7H12N2OS. The van der Waals surface area contributed by atoms with Crippen LogP contribution in [0, 0.1) is 0 Å². The molecule has 4 heteroatoms. The molecule has 0 saturated heterocycles. The third kappa shape index (κ3) is 2.24. The van der Waals surface area contributed by atoms with E-state index in [9.17, 15) is 0 Å². The van der Waals surface area contributed by atoms with E-state index in [2.05, 4.69) is 4.98 Å². The van der Waals surface area contributed by atoms with E-state index < -0.39 is 0 Å². The van der Waals surface area contributed by atoms with Gasteiger partial charge in [-0.05, 0) is 18.4 Å². The Morgan fingerprint density at radius 2 is 2.55 bits per heavy atom. The molecule has 0 radical (unpaired) electrons. The molecule has 0 aliphatic rings. The van der Waals surface area contributed by atoms with E-state index in [1.165, 1.54) is 0 Å². The third-order valence-corrected chi connectivity index (χ3v) is 2.16. The topological polar surface area (TPSA) is 38.0 Å². The number of nitrogens with zero attached hydrogens (tertiary/aromatic N) is 2. The first-order valence-corrected chi connectivity index (χ1v) is 4.74. The summed E-state index contributed by atoms with van der Waals surface area (Å²) in [7, 11) is 0. The van der Waals surface area contributed by atoms with E-state index in [1.54, 1.807) is 18.1 Å². The van der Waals surface area contributed by atoms with E-state index in [4.69, 9.17) is 5.11 Å². The van der Waals surface area contributed by atoms with Crippen LogP contribution in [0.4, 0.5) is 0 Å². The maximum atomic E-state index is 8.58. The van der Waals surface area contributed by atoms with Gasteiger partial charge in [0.15, 0.2) is 0 Å². The first kappa shape index (κ1) is 8.62. The highest BCUT2D eigenvalue weighted by atomic mass is 32.2. The van der Waals surface area contributed by atoms with Gasteiger partial charge in [-0.15, -0.1) is 0 Å². The van der Waals surface area contributed by atoms with Gasteiger partial charge in [-0.1, -0.05) is 0 Å². The number of hydrogen-bond acceptors (Lipinski definition) is 3. The van der Waals surface area contributed by atoms with Crippen LogP contribution in [0.2, 0.25) is 0 Å². The Bertz CT molecular complexity index is 212. The molecule has 1 aromatic heterocycles. The van der Waals surface area contributed by atoms with Gasteiger partial charge in [0.1, 0.15) is 5.82 Å². The minimum atomic E-state index is 0.237. The van der Waals surface area contributed by atoms with Crippen LogP contribution in [0.1, 0.15) is 12.2 Å². The second kappa shape index (κ2) is 4.41. The molecule has 0 aliphatic heterocycles. The number of hydrogen-bond donors (Lipinski definition) is 1. The Hall–Kier alpha value is -0.480. The van der Waals surface area contributed by atoms with Crippen molar-refractivity contribution in [2.24, 2.45) is 0 Å². The van der Waals surface area contributed by atoms with Crippen LogP contribution in [-0.2, 0) is 6.42 Å². The summed E-state index contributed by atoms with van der Waals surface area (Å²) >= 11 is 1.63. The van der Waals surface area contributed by atoms with Gasteiger partial charge in [0.25, 0.3) is 0 Å². The fraction of sp³-hybridized carbons (Fsp3) is 0.571. The van der Waals surface area contributed by atoms with Crippen molar-refractivity contribution >= 4 is 11.9 Å². The molecule has 0 unspecified atom stereocenters. The Labute approximate surface area is 70.6 Å². The lowest BCUT2D eigenvalue weighted by molar-refractivity contribution is 0.287. The van der Waals surface area contributed by atoms with Crippen molar-refractivity contribution in [2.75, 3.05) is 12.9 Å². The molecule has 0 bridgehead atoms. The molecule has 0 saturated carbocycles. The summed E-state index contributed by atoms with van der Waals surface area (Å²) in [6, 6.07) is 0. The molecule has 62 valence electrons. The molecule has 1 N–H and O–H groups in total. The maximum Gasteiger partial charge on any atom is 0.118 e. The van der Waals surface area contributed by atoms with Gasteiger partial charge in [-0.3, -0.25) is 3.97 Å². The fourth-order valence-electron chi connectivity index (χ4n) is 0.901. The lowest BCUT2D eigenvalue weighted by Gasteiger charge is -2.00. The van der Waals surface area contributed by atoms with Crippen LogP contribution in [0.3, 0.4) is 0 Å². The summed E-state index contributed by atoms with van der Waals surface area (Å²) < 4.78 is 2.01. The van der Waals surface area contributed by atoms with Gasteiger partial charge in [-0.25, -0.2) is 4.98 Å². The first-order valence-electron chi connectivity index (χ1n) is 3.56. The summed E-state index contributed by atoms with van der Waals surface area (Å²) in [4.78, 5) is 4.16. The Kier molecular flexibility index (Phi) is 3.45. The number of aliphatic hydroxyl groups excluding tert-OH is 1. The zero-order chi connectivity index (χ0) is 8.10. The zero-order valence-electron chi connectivity index (χ0n) is 6.53. The van der Waals surface area contributed by atoms with Crippen LogP contribution >= 0.6 is 11.9 Å². The lowest BCUT2D eigenvalue weighted by Crippen LogP contribution is -1.97. The minimum Gasteiger partial charge on any atom is -0.396 e. The summed E-state index contributed by atoms with van der Waals surface area (Å²) in [5.74, 6) is 1.03. The third-order valence-electron chi connectivity index (χ3n) is 1.44. The van der Waals surface area contributed by atoms with Crippen molar-refractivity contribution in [3.8, 4) is 0 Å². The van der Waals surface area contributed by atoms with Gasteiger partial charge in [0.05, 0.1) is 0 Å². The van der Waals surface area contributed by atoms with Crippen LogP contribution in [-0.4, -0.2) is 26.9 Å². The van der Waals surface area contributed by atoms with Crippen molar-refractivity contribution in [3.63, 3.8) is 0 Å². The number of imidazole rings is 1. The molecule has 0 spiro atoms. The molecular weight excluding hydrogens is 160 g/mol. The molecule has 0 amide bonds. The van der Waals surface area contributed by atoms with Gasteiger partial charge < -0.3 is 5.11 Å². The van der Waals surface area contributed by atoms with Gasteiger partial charge >= 0.3 is 0 Å². The van der Waals surface area contributed by atoms with E-state index >= 15 is 0 Å². The summed E-state index contributed by atoms with van der Waals surface area (Å²) in [5.41, 5.74) is 0. The highest BCUT2D eigenvalue weighted by Gasteiger charge is 1.99. The summed E-state index contributed by atoms with van der Waals surface area (Å²) in [6.07, 6.45) is 7.35. The summed E-state index contributed by atoms with van der Waals surface area (Å²) in [6.45, 7) is 0.237. The zero-order valence-corrected chi connectivity index (χ0v) is 7.34. The highest BCUT2D eigenvalue weighted by molar-refractivity contribution is 7.97. The molecule has 3 nitrogen and oxygen atoms in total. The quantitative estimate of drug-likeness (QED) is 0.734. The fourth-order valence-corrected chi connectivity index (χ4v) is 1.43. The van der Waals surface area contributed by atoms with Crippen molar-refractivity contribution in [3.05, 3.63) is 18.2 Å². The second-order valence-electron chi connectivity index (χ2n) is 2.18. The molecule has 1 rings (SSSR count). The molecule has 0 fully saturated rings. The molecule has 0 atom stereocenters. The molecule has 0 aromatic carbocycles. The number of aryl methyl sites for hydroxylation is 1. The van der Waals surface area contributed by atoms with Gasteiger partial charge in [0, 0.05) is 31.7 Å². The minimum absolute atomic E-state index is 0.237. The van der Waals surface area contributed by atoms with E-state index in [0.29, 0.717) is 0 Å². The van der Waals surface area contributed by atoms with E-state index in [0.717, 1.165) is 18.7 Å². The highest BCUT2D eigenvalue weighted by Crippen LogP contribution is 2.07. The smallest absolute Gasteiger partial charge is 0.118 e. The molecule has 0 aliphatic carbocycles. The van der Waals surface area contributed by atoms with Gasteiger partial charge in [0.2, 0.25) is 0 Å². The first-order chi connectivity index (χ1) is 5.38. The maximum absolute atomic E-state index is 8.58. The van der Waals surface area contributed by atoms with Crippen LogP contribution in [0.5, 0.6) is 0 Å². The number of rotatable bonds is 4. The van der Waals surface area contributed by atoms with Crippen molar-refractivity contribution < 1.29 is 5.11 Å². The van der Waals surface area contributed by atoms with E-state index in [1.807, 2.05) is 16.4 Å². The van der Waals surface area contributed by atoms with Crippen molar-refractivity contribution in [1.82, 2.24) is 8.96 Å². The van der Waals surface area contributed by atoms with Crippen LogP contribution < -0.4 is 0 Å². The van der Waals surface area contributed by atoms with Gasteiger partial charge in [-0.2, -0.15) is 0 Å². The predicted molar refractivity (Wildman–Crippen MR) is 46.5 cm³/mol. The molecule has 1 aromatic rings. The molecule has 11 heavy (non-hydrogen) atoms. The standard InChI is InChI=1S/C7H12N2OS/c1-11-9-5-4-8-7(9)3-2-6-10/h4-5,10H,2-3,6H2,1H3. The lowest BCUT2D eigenvalue weighted by atomic mass is 10.3. The largest absolute Gasteiger partial charge is 0.396 e. The van der Waals surface area contributed by atoms with E-state index in [-0.39, 0.29) is 6.61 Å². The van der Waals surface area contributed by atoms with Crippen molar-refractivity contribution in [2.45, 2.75) is 12.8 Å². The SMILES string of the molecule is CSn1ccnc1CCCO.